The first-order chi connectivity index (χ1) is 11.5. The minimum absolute atomic E-state index is 0.0277. The van der Waals surface area contributed by atoms with Crippen molar-refractivity contribution in [2.75, 3.05) is 7.11 Å². The molecule has 0 saturated heterocycles. The highest BCUT2D eigenvalue weighted by Gasteiger charge is 2.10. The molecule has 0 saturated carbocycles. The molecule has 1 aromatic carbocycles. The SMILES string of the molecule is COc1ccc(CC(=O)OCc2cn3cc(Cl)ccc3n2)cc1F. The minimum Gasteiger partial charge on any atom is -0.494 e. The number of halogens is 2. The van der Waals surface area contributed by atoms with Crippen LogP contribution in [0.25, 0.3) is 5.65 Å². The normalized spacial score (nSPS) is 10.8. The molecule has 0 N–H and O–H groups in total. The van der Waals surface area contributed by atoms with Gasteiger partial charge in [0.25, 0.3) is 0 Å². The lowest BCUT2D eigenvalue weighted by molar-refractivity contribution is -0.144. The van der Waals surface area contributed by atoms with E-state index in [4.69, 9.17) is 21.1 Å². The Hall–Kier alpha value is -2.60. The number of imidazole rings is 1. The second kappa shape index (κ2) is 6.88. The molecule has 24 heavy (non-hydrogen) atoms. The largest absolute Gasteiger partial charge is 0.494 e. The monoisotopic (exact) mass is 348 g/mol. The minimum atomic E-state index is -0.514. The van der Waals surface area contributed by atoms with Crippen LogP contribution in [0.15, 0.2) is 42.7 Å². The summed E-state index contributed by atoms with van der Waals surface area (Å²) in [5.41, 5.74) is 1.83. The lowest BCUT2D eigenvalue weighted by Gasteiger charge is -2.05. The van der Waals surface area contributed by atoms with Crippen LogP contribution in [0.3, 0.4) is 0 Å². The predicted octanol–water partition coefficient (Wildman–Crippen LogP) is 3.42. The Bertz CT molecular complexity index is 895. The standard InChI is InChI=1S/C17H14ClFN2O3/c1-23-15-4-2-11(6-14(15)19)7-17(22)24-10-13-9-21-8-12(18)3-5-16(21)20-13/h2-6,8-9H,7,10H2,1H3. The molecule has 7 heteroatoms. The van der Waals surface area contributed by atoms with E-state index in [-0.39, 0.29) is 18.8 Å². The molecule has 3 rings (SSSR count). The zero-order chi connectivity index (χ0) is 17.1. The lowest BCUT2D eigenvalue weighted by atomic mass is 10.1. The van der Waals surface area contributed by atoms with Crippen LogP contribution in [0.1, 0.15) is 11.3 Å². The summed E-state index contributed by atoms with van der Waals surface area (Å²) in [6, 6.07) is 7.86. The Morgan fingerprint density at radius 2 is 2.12 bits per heavy atom. The molecule has 2 heterocycles. The molecule has 3 aromatic rings. The number of fused-ring (bicyclic) bond motifs is 1. The van der Waals surface area contributed by atoms with Crippen LogP contribution in [-0.2, 0) is 22.6 Å². The molecular formula is C17H14ClFN2O3. The number of ether oxygens (including phenoxy) is 2. The second-order valence-electron chi connectivity index (χ2n) is 5.15. The average molecular weight is 349 g/mol. The molecule has 0 aliphatic carbocycles. The van der Waals surface area contributed by atoms with Gasteiger partial charge in [-0.2, -0.15) is 0 Å². The summed E-state index contributed by atoms with van der Waals surface area (Å²) in [6.07, 6.45) is 3.43. The molecule has 0 radical (unpaired) electrons. The van der Waals surface area contributed by atoms with Gasteiger partial charge >= 0.3 is 5.97 Å². The van der Waals surface area contributed by atoms with E-state index in [1.54, 1.807) is 35.0 Å². The van der Waals surface area contributed by atoms with Gasteiger partial charge in [0, 0.05) is 12.4 Å². The number of esters is 1. The van der Waals surface area contributed by atoms with E-state index in [9.17, 15) is 9.18 Å². The first-order valence-corrected chi connectivity index (χ1v) is 7.54. The van der Waals surface area contributed by atoms with Gasteiger partial charge in [0.2, 0.25) is 0 Å². The molecular weight excluding hydrogens is 335 g/mol. The fourth-order valence-corrected chi connectivity index (χ4v) is 2.45. The van der Waals surface area contributed by atoms with Gasteiger partial charge in [-0.3, -0.25) is 4.79 Å². The number of pyridine rings is 1. The van der Waals surface area contributed by atoms with Gasteiger partial charge in [0.1, 0.15) is 12.3 Å². The molecule has 0 unspecified atom stereocenters. The van der Waals surface area contributed by atoms with Crippen molar-refractivity contribution in [2.45, 2.75) is 13.0 Å². The summed E-state index contributed by atoms with van der Waals surface area (Å²) in [5, 5.41) is 0.588. The van der Waals surface area contributed by atoms with Gasteiger partial charge < -0.3 is 13.9 Å². The Kier molecular flexibility index (Phi) is 4.66. The quantitative estimate of drug-likeness (QED) is 0.663. The number of hydrogen-bond donors (Lipinski definition) is 0. The Morgan fingerprint density at radius 1 is 1.29 bits per heavy atom. The van der Waals surface area contributed by atoms with E-state index in [0.29, 0.717) is 21.9 Å². The van der Waals surface area contributed by atoms with Crippen molar-refractivity contribution in [2.24, 2.45) is 0 Å². The van der Waals surface area contributed by atoms with E-state index < -0.39 is 11.8 Å². The fourth-order valence-electron chi connectivity index (χ4n) is 2.28. The van der Waals surface area contributed by atoms with Crippen molar-refractivity contribution >= 4 is 23.2 Å². The highest BCUT2D eigenvalue weighted by Crippen LogP contribution is 2.18. The number of nitrogens with zero attached hydrogens (tertiary/aromatic N) is 2. The number of hydrogen-bond acceptors (Lipinski definition) is 4. The molecule has 0 aliphatic rings. The van der Waals surface area contributed by atoms with Gasteiger partial charge in [-0.05, 0) is 29.8 Å². The highest BCUT2D eigenvalue weighted by atomic mass is 35.5. The summed E-state index contributed by atoms with van der Waals surface area (Å²) in [5.74, 6) is -0.842. The lowest BCUT2D eigenvalue weighted by Crippen LogP contribution is -2.08. The van der Waals surface area contributed by atoms with Crippen LogP contribution in [0.5, 0.6) is 5.75 Å². The van der Waals surface area contributed by atoms with Gasteiger partial charge in [-0.15, -0.1) is 0 Å². The summed E-state index contributed by atoms with van der Waals surface area (Å²) in [7, 11) is 1.38. The third-order valence-electron chi connectivity index (χ3n) is 3.41. The van der Waals surface area contributed by atoms with Crippen LogP contribution < -0.4 is 4.74 Å². The molecule has 0 bridgehead atoms. The molecule has 0 amide bonds. The zero-order valence-corrected chi connectivity index (χ0v) is 13.6. The maximum absolute atomic E-state index is 13.6. The van der Waals surface area contributed by atoms with E-state index in [0.717, 1.165) is 0 Å². The highest BCUT2D eigenvalue weighted by molar-refractivity contribution is 6.30. The average Bonchev–Trinajstić information content (AvgIpc) is 2.95. The van der Waals surface area contributed by atoms with Gasteiger partial charge in [0.15, 0.2) is 11.6 Å². The molecule has 0 atom stereocenters. The maximum atomic E-state index is 13.6. The molecule has 0 fully saturated rings. The predicted molar refractivity (Wildman–Crippen MR) is 86.7 cm³/mol. The first kappa shape index (κ1) is 16.3. The topological polar surface area (TPSA) is 52.8 Å². The first-order valence-electron chi connectivity index (χ1n) is 7.16. The number of carbonyl (C=O) groups excluding carboxylic acids is 1. The van der Waals surface area contributed by atoms with Gasteiger partial charge in [0.05, 0.1) is 24.2 Å². The van der Waals surface area contributed by atoms with Crippen molar-refractivity contribution in [1.29, 1.82) is 0 Å². The second-order valence-corrected chi connectivity index (χ2v) is 5.59. The molecule has 124 valence electrons. The molecule has 2 aromatic heterocycles. The van der Waals surface area contributed by atoms with Crippen molar-refractivity contribution in [1.82, 2.24) is 9.38 Å². The van der Waals surface area contributed by atoms with Gasteiger partial charge in [-0.25, -0.2) is 9.37 Å². The van der Waals surface area contributed by atoms with E-state index in [1.807, 2.05) is 0 Å². The van der Waals surface area contributed by atoms with Gasteiger partial charge in [-0.1, -0.05) is 17.7 Å². The van der Waals surface area contributed by atoms with Crippen LogP contribution >= 0.6 is 11.6 Å². The fraction of sp³-hybridized carbons (Fsp3) is 0.176. The van der Waals surface area contributed by atoms with Crippen molar-refractivity contribution in [3.05, 3.63) is 64.8 Å². The van der Waals surface area contributed by atoms with Crippen molar-refractivity contribution in [3.63, 3.8) is 0 Å². The summed E-state index contributed by atoms with van der Waals surface area (Å²) >= 11 is 5.91. The van der Waals surface area contributed by atoms with Crippen LogP contribution in [0.2, 0.25) is 5.02 Å². The number of rotatable bonds is 5. The Labute approximate surface area is 142 Å². The van der Waals surface area contributed by atoms with Crippen molar-refractivity contribution < 1.29 is 18.7 Å². The molecule has 5 nitrogen and oxygen atoms in total. The number of aromatic nitrogens is 2. The van der Waals surface area contributed by atoms with Crippen LogP contribution in [0.4, 0.5) is 4.39 Å². The number of carbonyl (C=O) groups is 1. The molecule has 0 aliphatic heterocycles. The Morgan fingerprint density at radius 3 is 2.88 bits per heavy atom. The van der Waals surface area contributed by atoms with E-state index in [1.165, 1.54) is 19.2 Å². The number of methoxy groups -OCH3 is 1. The van der Waals surface area contributed by atoms with Crippen LogP contribution in [-0.4, -0.2) is 22.5 Å². The Balaban J connectivity index is 1.61. The summed E-state index contributed by atoms with van der Waals surface area (Å²) in [6.45, 7) is 0.0385. The van der Waals surface area contributed by atoms with E-state index in [2.05, 4.69) is 4.98 Å². The summed E-state index contributed by atoms with van der Waals surface area (Å²) in [4.78, 5) is 16.2. The zero-order valence-electron chi connectivity index (χ0n) is 12.8. The van der Waals surface area contributed by atoms with Crippen LogP contribution in [0, 0.1) is 5.82 Å². The molecule has 0 spiro atoms. The third-order valence-corrected chi connectivity index (χ3v) is 3.63. The van der Waals surface area contributed by atoms with E-state index >= 15 is 0 Å². The smallest absolute Gasteiger partial charge is 0.310 e. The summed E-state index contributed by atoms with van der Waals surface area (Å²) < 4.78 is 25.4. The maximum Gasteiger partial charge on any atom is 0.310 e. The third kappa shape index (κ3) is 3.65. The number of benzene rings is 1. The van der Waals surface area contributed by atoms with Crippen molar-refractivity contribution in [3.8, 4) is 5.75 Å².